The number of amides is 1. The van der Waals surface area contributed by atoms with Gasteiger partial charge in [0.2, 0.25) is 0 Å². The summed E-state index contributed by atoms with van der Waals surface area (Å²) in [6.07, 6.45) is 0. The second-order valence-electron chi connectivity index (χ2n) is 5.35. The molecule has 1 amide bonds. The molecule has 0 atom stereocenters. The van der Waals surface area contributed by atoms with Crippen molar-refractivity contribution in [2.75, 3.05) is 5.32 Å². The second kappa shape index (κ2) is 7.64. The molecule has 5 heteroatoms. The van der Waals surface area contributed by atoms with Crippen molar-refractivity contribution in [2.24, 2.45) is 0 Å². The molecule has 0 unspecified atom stereocenters. The lowest BCUT2D eigenvalue weighted by Crippen LogP contribution is -2.15. The molecule has 0 aromatic heterocycles. The van der Waals surface area contributed by atoms with E-state index < -0.39 is 0 Å². The Labute approximate surface area is 158 Å². The molecule has 124 valence electrons. The number of anilines is 1. The van der Waals surface area contributed by atoms with Crippen molar-refractivity contribution in [1.29, 1.82) is 0 Å². The van der Waals surface area contributed by atoms with E-state index in [1.807, 2.05) is 12.1 Å². The van der Waals surface area contributed by atoms with E-state index in [0.717, 1.165) is 4.47 Å². The van der Waals surface area contributed by atoms with Gasteiger partial charge in [0, 0.05) is 26.2 Å². The fourth-order valence-corrected chi connectivity index (χ4v) is 2.95. The van der Waals surface area contributed by atoms with Crippen molar-refractivity contribution in [3.8, 4) is 0 Å². The van der Waals surface area contributed by atoms with Crippen LogP contribution in [0.15, 0.2) is 77.3 Å². The Bertz CT molecular complexity index is 941. The average molecular weight is 415 g/mol. The number of hydrogen-bond donors (Lipinski definition) is 1. The Balaban J connectivity index is 1.94. The first-order valence-corrected chi connectivity index (χ1v) is 8.68. The Morgan fingerprint density at radius 2 is 1.56 bits per heavy atom. The quantitative estimate of drug-likeness (QED) is 0.566. The van der Waals surface area contributed by atoms with Crippen molar-refractivity contribution in [3.05, 3.63) is 99.0 Å². The second-order valence-corrected chi connectivity index (χ2v) is 6.70. The summed E-state index contributed by atoms with van der Waals surface area (Å²) in [5.74, 6) is -0.502. The molecule has 0 saturated heterocycles. The fraction of sp³-hybridized carbons (Fsp3) is 0. The molecular weight excluding hydrogens is 402 g/mol. The van der Waals surface area contributed by atoms with Gasteiger partial charge in [-0.15, -0.1) is 0 Å². The summed E-state index contributed by atoms with van der Waals surface area (Å²) >= 11 is 9.39. The third-order valence-electron chi connectivity index (χ3n) is 3.60. The van der Waals surface area contributed by atoms with Gasteiger partial charge in [0.15, 0.2) is 5.78 Å². The maximum absolute atomic E-state index is 12.8. The van der Waals surface area contributed by atoms with Gasteiger partial charge < -0.3 is 5.32 Å². The smallest absolute Gasteiger partial charge is 0.255 e. The first-order valence-electron chi connectivity index (χ1n) is 7.51. The van der Waals surface area contributed by atoms with Crippen molar-refractivity contribution >= 4 is 44.9 Å². The van der Waals surface area contributed by atoms with Crippen molar-refractivity contribution in [3.63, 3.8) is 0 Å². The third kappa shape index (κ3) is 4.16. The molecule has 0 aliphatic carbocycles. The molecule has 0 radical (unpaired) electrons. The first kappa shape index (κ1) is 17.4. The zero-order valence-corrected chi connectivity index (χ0v) is 15.3. The molecule has 3 aromatic carbocycles. The van der Waals surface area contributed by atoms with Gasteiger partial charge in [0.1, 0.15) is 0 Å². The van der Waals surface area contributed by atoms with Crippen LogP contribution >= 0.6 is 27.5 Å². The van der Waals surface area contributed by atoms with Crippen LogP contribution in [-0.4, -0.2) is 11.7 Å². The van der Waals surface area contributed by atoms with Gasteiger partial charge in [-0.3, -0.25) is 9.59 Å². The van der Waals surface area contributed by atoms with Crippen LogP contribution < -0.4 is 5.32 Å². The molecule has 25 heavy (non-hydrogen) atoms. The van der Waals surface area contributed by atoms with E-state index in [4.69, 9.17) is 11.6 Å². The van der Waals surface area contributed by atoms with Crippen molar-refractivity contribution in [1.82, 2.24) is 0 Å². The summed E-state index contributed by atoms with van der Waals surface area (Å²) in [6.45, 7) is 0. The van der Waals surface area contributed by atoms with Gasteiger partial charge in [0.25, 0.3) is 5.91 Å². The summed E-state index contributed by atoms with van der Waals surface area (Å²) < 4.78 is 0.803. The Morgan fingerprint density at radius 3 is 2.28 bits per heavy atom. The molecule has 3 rings (SSSR count). The molecule has 1 N–H and O–H groups in total. The highest BCUT2D eigenvalue weighted by molar-refractivity contribution is 9.10. The lowest BCUT2D eigenvalue weighted by atomic mass is 10.0. The van der Waals surface area contributed by atoms with Gasteiger partial charge in [-0.05, 0) is 36.4 Å². The van der Waals surface area contributed by atoms with Crippen LogP contribution in [0.4, 0.5) is 5.69 Å². The Hall–Kier alpha value is -2.43. The predicted octanol–water partition coefficient (Wildman–Crippen LogP) is 5.59. The third-order valence-corrected chi connectivity index (χ3v) is 4.33. The Morgan fingerprint density at radius 1 is 0.840 bits per heavy atom. The molecule has 0 spiro atoms. The van der Waals surface area contributed by atoms with Crippen LogP contribution in [0.1, 0.15) is 26.3 Å². The van der Waals surface area contributed by atoms with Crippen molar-refractivity contribution < 1.29 is 9.59 Å². The molecule has 0 heterocycles. The van der Waals surface area contributed by atoms with Crippen LogP contribution in [0.3, 0.4) is 0 Å². The molecule has 0 aliphatic heterocycles. The minimum Gasteiger partial charge on any atom is -0.321 e. The van der Waals surface area contributed by atoms with Gasteiger partial charge in [0.05, 0.1) is 5.69 Å². The number of hydrogen-bond acceptors (Lipinski definition) is 2. The largest absolute Gasteiger partial charge is 0.321 e. The SMILES string of the molecule is O=C(Nc1ccc(Cl)cc1C(=O)c1ccccc1)c1cccc(Br)c1. The number of rotatable bonds is 4. The first-order chi connectivity index (χ1) is 12.0. The van der Waals surface area contributed by atoms with E-state index in [2.05, 4.69) is 21.2 Å². The zero-order chi connectivity index (χ0) is 17.8. The number of carbonyl (C=O) groups is 2. The molecule has 0 aliphatic rings. The fourth-order valence-electron chi connectivity index (χ4n) is 2.38. The number of ketones is 1. The van der Waals surface area contributed by atoms with E-state index >= 15 is 0 Å². The van der Waals surface area contributed by atoms with Gasteiger partial charge in [-0.2, -0.15) is 0 Å². The highest BCUT2D eigenvalue weighted by atomic mass is 79.9. The molecule has 3 nitrogen and oxygen atoms in total. The summed E-state index contributed by atoms with van der Waals surface area (Å²) in [6, 6.07) is 20.7. The molecule has 0 fully saturated rings. The van der Waals surface area contributed by atoms with Crippen LogP contribution in [0.25, 0.3) is 0 Å². The monoisotopic (exact) mass is 413 g/mol. The molecule has 3 aromatic rings. The molecule has 0 bridgehead atoms. The molecular formula is C20H13BrClNO2. The number of halogens is 2. The van der Waals surface area contributed by atoms with E-state index in [-0.39, 0.29) is 11.7 Å². The van der Waals surface area contributed by atoms with Gasteiger partial charge in [-0.1, -0.05) is 63.9 Å². The van der Waals surface area contributed by atoms with E-state index in [1.165, 1.54) is 0 Å². The van der Waals surface area contributed by atoms with Crippen molar-refractivity contribution in [2.45, 2.75) is 0 Å². The summed E-state index contributed by atoms with van der Waals surface area (Å²) in [5, 5.41) is 3.22. The van der Waals surface area contributed by atoms with E-state index in [9.17, 15) is 9.59 Å². The predicted molar refractivity (Wildman–Crippen MR) is 103 cm³/mol. The average Bonchev–Trinajstić information content (AvgIpc) is 2.63. The number of carbonyl (C=O) groups excluding carboxylic acids is 2. The lowest BCUT2D eigenvalue weighted by Gasteiger charge is -2.11. The molecule has 0 saturated carbocycles. The van der Waals surface area contributed by atoms with Crippen LogP contribution in [-0.2, 0) is 0 Å². The summed E-state index contributed by atoms with van der Waals surface area (Å²) in [5.41, 5.74) is 1.79. The van der Waals surface area contributed by atoms with E-state index in [1.54, 1.807) is 60.7 Å². The standard InChI is InChI=1S/C20H13BrClNO2/c21-15-8-4-7-14(11-15)20(25)23-18-10-9-16(22)12-17(18)19(24)13-5-2-1-3-6-13/h1-12H,(H,23,25). The summed E-state index contributed by atoms with van der Waals surface area (Å²) in [4.78, 5) is 25.3. The normalized spacial score (nSPS) is 10.3. The van der Waals surface area contributed by atoms with Crippen LogP contribution in [0.2, 0.25) is 5.02 Å². The highest BCUT2D eigenvalue weighted by Crippen LogP contribution is 2.24. The summed E-state index contributed by atoms with van der Waals surface area (Å²) in [7, 11) is 0. The highest BCUT2D eigenvalue weighted by Gasteiger charge is 2.16. The van der Waals surface area contributed by atoms with Crippen LogP contribution in [0.5, 0.6) is 0 Å². The van der Waals surface area contributed by atoms with Crippen LogP contribution in [0, 0.1) is 0 Å². The topological polar surface area (TPSA) is 46.2 Å². The zero-order valence-electron chi connectivity index (χ0n) is 13.0. The lowest BCUT2D eigenvalue weighted by molar-refractivity contribution is 0.102. The maximum atomic E-state index is 12.8. The minimum absolute atomic E-state index is 0.201. The Kier molecular flexibility index (Phi) is 5.31. The van der Waals surface area contributed by atoms with Gasteiger partial charge >= 0.3 is 0 Å². The number of benzene rings is 3. The van der Waals surface area contributed by atoms with Gasteiger partial charge in [-0.25, -0.2) is 0 Å². The maximum Gasteiger partial charge on any atom is 0.255 e. The van der Waals surface area contributed by atoms with E-state index in [0.29, 0.717) is 27.4 Å². The minimum atomic E-state index is -0.300. The number of nitrogens with one attached hydrogen (secondary N) is 1.